The molecule has 2 rings (SSSR count). The van der Waals surface area contributed by atoms with Gasteiger partial charge in [-0.25, -0.2) is 0 Å². The zero-order valence-electron chi connectivity index (χ0n) is 14.5. The Morgan fingerprint density at radius 1 is 1.20 bits per heavy atom. The molecule has 1 amide bonds. The molecule has 136 valence electrons. The average molecular weight is 369 g/mol. The Morgan fingerprint density at radius 3 is 2.44 bits per heavy atom. The first-order valence-corrected chi connectivity index (χ1v) is 8.57. The Hall–Kier alpha value is -2.15. The molecule has 1 aromatic carbocycles. The third kappa shape index (κ3) is 4.92. The molecule has 0 saturated heterocycles. The van der Waals surface area contributed by atoms with Crippen molar-refractivity contribution in [3.63, 3.8) is 0 Å². The normalized spacial score (nSPS) is 12.8. The topological polar surface area (TPSA) is 47.6 Å². The first kappa shape index (κ1) is 19.2. The number of nitrogens with one attached hydrogen (secondary N) is 1. The molecular weight excluding hydrogens is 348 g/mol. The van der Waals surface area contributed by atoms with Crippen LogP contribution in [0.1, 0.15) is 42.0 Å². The number of amides is 1. The quantitative estimate of drug-likeness (QED) is 0.790. The minimum atomic E-state index is -3.00. The van der Waals surface area contributed by atoms with E-state index in [1.165, 1.54) is 25.3 Å². The molecule has 0 saturated carbocycles. The second-order valence-corrected chi connectivity index (χ2v) is 7.51. The van der Waals surface area contributed by atoms with Crippen molar-refractivity contribution < 1.29 is 23.0 Å². The average Bonchev–Trinajstić information content (AvgIpc) is 3.04. The molecule has 0 aliphatic carbocycles. The van der Waals surface area contributed by atoms with E-state index in [2.05, 4.69) is 10.1 Å². The summed E-state index contributed by atoms with van der Waals surface area (Å²) >= 11 is 1.55. The van der Waals surface area contributed by atoms with Gasteiger partial charge in [-0.2, -0.15) is 8.78 Å². The molecule has 0 bridgehead atoms. The van der Waals surface area contributed by atoms with E-state index in [0.29, 0.717) is 0 Å². The molecule has 7 heteroatoms. The molecule has 2 aromatic rings. The van der Waals surface area contributed by atoms with Gasteiger partial charge in [0.15, 0.2) is 11.5 Å². The molecule has 1 heterocycles. The van der Waals surface area contributed by atoms with Crippen LogP contribution in [0.15, 0.2) is 35.7 Å². The third-order valence-electron chi connectivity index (χ3n) is 3.61. The summed E-state index contributed by atoms with van der Waals surface area (Å²) in [6.07, 6.45) is 0. The summed E-state index contributed by atoms with van der Waals surface area (Å²) in [6, 6.07) is 7.88. The summed E-state index contributed by atoms with van der Waals surface area (Å²) in [6.45, 7) is 3.08. The number of carbonyl (C=O) groups excluding carboxylic acids is 1. The summed E-state index contributed by atoms with van der Waals surface area (Å²) in [5.41, 5.74) is 0.0113. The highest BCUT2D eigenvalue weighted by atomic mass is 32.1. The third-order valence-corrected chi connectivity index (χ3v) is 4.55. The lowest BCUT2D eigenvalue weighted by atomic mass is 9.85. The Kier molecular flexibility index (Phi) is 6.00. The van der Waals surface area contributed by atoms with Crippen LogP contribution in [0, 0.1) is 5.41 Å². The summed E-state index contributed by atoms with van der Waals surface area (Å²) in [5.74, 6) is -0.397. The Balaban J connectivity index is 2.27. The van der Waals surface area contributed by atoms with Gasteiger partial charge in [0.25, 0.3) is 5.91 Å². The fraction of sp³-hybridized carbons (Fsp3) is 0.389. The maximum Gasteiger partial charge on any atom is 0.387 e. The van der Waals surface area contributed by atoms with Gasteiger partial charge in [0, 0.05) is 10.4 Å². The monoisotopic (exact) mass is 369 g/mol. The predicted octanol–water partition coefficient (Wildman–Crippen LogP) is 4.88. The van der Waals surface area contributed by atoms with Gasteiger partial charge in [0.1, 0.15) is 0 Å². The van der Waals surface area contributed by atoms with Crippen LogP contribution < -0.4 is 14.8 Å². The van der Waals surface area contributed by atoms with Crippen molar-refractivity contribution in [1.82, 2.24) is 5.32 Å². The SMILES string of the molecule is COc1ccc(C(=O)NC(c2cccs2)C(C)(C)C)cc1OC(F)F. The van der Waals surface area contributed by atoms with Crippen LogP contribution in [0.4, 0.5) is 8.78 Å². The largest absolute Gasteiger partial charge is 0.493 e. The highest BCUT2D eigenvalue weighted by Gasteiger charge is 2.29. The minimum Gasteiger partial charge on any atom is -0.493 e. The fourth-order valence-electron chi connectivity index (χ4n) is 2.39. The number of hydrogen-bond acceptors (Lipinski definition) is 4. The van der Waals surface area contributed by atoms with Crippen molar-refractivity contribution in [2.75, 3.05) is 7.11 Å². The standard InChI is InChI=1S/C18H21F2NO3S/c1-18(2,3)15(14-6-5-9-25-14)21-16(22)11-7-8-12(23-4)13(10-11)24-17(19)20/h5-10,15,17H,1-4H3,(H,21,22). The summed E-state index contributed by atoms with van der Waals surface area (Å²) in [4.78, 5) is 13.7. The van der Waals surface area contributed by atoms with Crippen molar-refractivity contribution in [3.05, 3.63) is 46.2 Å². The molecule has 1 N–H and O–H groups in total. The van der Waals surface area contributed by atoms with E-state index in [0.717, 1.165) is 4.88 Å². The molecule has 0 aliphatic rings. The number of benzene rings is 1. The van der Waals surface area contributed by atoms with Crippen LogP contribution >= 0.6 is 11.3 Å². The summed E-state index contributed by atoms with van der Waals surface area (Å²) < 4.78 is 34.5. The zero-order chi connectivity index (χ0) is 18.6. The molecule has 4 nitrogen and oxygen atoms in total. The smallest absolute Gasteiger partial charge is 0.387 e. The lowest BCUT2D eigenvalue weighted by Crippen LogP contribution is -2.36. The van der Waals surface area contributed by atoms with Gasteiger partial charge < -0.3 is 14.8 Å². The van der Waals surface area contributed by atoms with Gasteiger partial charge in [0.2, 0.25) is 0 Å². The fourth-order valence-corrected chi connectivity index (χ4v) is 3.41. The molecular formula is C18H21F2NO3S. The van der Waals surface area contributed by atoms with E-state index in [9.17, 15) is 13.6 Å². The second-order valence-electron chi connectivity index (χ2n) is 6.53. The van der Waals surface area contributed by atoms with Crippen molar-refractivity contribution in [1.29, 1.82) is 0 Å². The molecule has 1 aromatic heterocycles. The predicted molar refractivity (Wildman–Crippen MR) is 93.6 cm³/mol. The Labute approximate surface area is 149 Å². The maximum absolute atomic E-state index is 12.6. The van der Waals surface area contributed by atoms with Crippen LogP contribution in [0.2, 0.25) is 0 Å². The summed E-state index contributed by atoms with van der Waals surface area (Å²) in [7, 11) is 1.35. The minimum absolute atomic E-state index is 0.141. The first-order valence-electron chi connectivity index (χ1n) is 7.69. The van der Waals surface area contributed by atoms with Crippen LogP contribution in [0.5, 0.6) is 11.5 Å². The molecule has 1 atom stereocenters. The van der Waals surface area contributed by atoms with E-state index in [1.807, 2.05) is 38.3 Å². The van der Waals surface area contributed by atoms with Crippen LogP contribution in [0.25, 0.3) is 0 Å². The first-order chi connectivity index (χ1) is 11.7. The second kappa shape index (κ2) is 7.82. The van der Waals surface area contributed by atoms with Gasteiger partial charge in [-0.15, -0.1) is 11.3 Å². The van der Waals surface area contributed by atoms with Gasteiger partial charge in [-0.3, -0.25) is 4.79 Å². The number of methoxy groups -OCH3 is 1. The van der Waals surface area contributed by atoms with Gasteiger partial charge in [0.05, 0.1) is 13.2 Å². The zero-order valence-corrected chi connectivity index (χ0v) is 15.3. The number of hydrogen-bond donors (Lipinski definition) is 1. The molecule has 0 spiro atoms. The van der Waals surface area contributed by atoms with Gasteiger partial charge in [-0.1, -0.05) is 26.8 Å². The van der Waals surface area contributed by atoms with E-state index >= 15 is 0 Å². The highest BCUT2D eigenvalue weighted by molar-refractivity contribution is 7.10. The Bertz CT molecular complexity index is 712. The van der Waals surface area contributed by atoms with E-state index in [4.69, 9.17) is 4.74 Å². The number of ether oxygens (including phenoxy) is 2. The van der Waals surface area contributed by atoms with E-state index in [-0.39, 0.29) is 34.4 Å². The number of rotatable bonds is 6. The van der Waals surface area contributed by atoms with E-state index < -0.39 is 6.61 Å². The van der Waals surface area contributed by atoms with Crippen LogP contribution in [0.3, 0.4) is 0 Å². The van der Waals surface area contributed by atoms with E-state index in [1.54, 1.807) is 11.3 Å². The highest BCUT2D eigenvalue weighted by Crippen LogP contribution is 2.36. The summed E-state index contributed by atoms with van der Waals surface area (Å²) in [5, 5.41) is 4.93. The number of thiophene rings is 1. The van der Waals surface area contributed by atoms with Crippen LogP contribution in [-0.4, -0.2) is 19.6 Å². The maximum atomic E-state index is 12.6. The lowest BCUT2D eigenvalue weighted by molar-refractivity contribution is -0.0512. The number of alkyl halides is 2. The number of carbonyl (C=O) groups is 1. The molecule has 0 fully saturated rings. The molecule has 1 unspecified atom stereocenters. The van der Waals surface area contributed by atoms with Crippen molar-refractivity contribution >= 4 is 17.2 Å². The van der Waals surface area contributed by atoms with Crippen molar-refractivity contribution in [3.8, 4) is 11.5 Å². The molecule has 0 aliphatic heterocycles. The number of halogens is 2. The van der Waals surface area contributed by atoms with Crippen molar-refractivity contribution in [2.45, 2.75) is 33.4 Å². The van der Waals surface area contributed by atoms with Crippen LogP contribution in [-0.2, 0) is 0 Å². The molecule has 25 heavy (non-hydrogen) atoms. The molecule has 0 radical (unpaired) electrons. The van der Waals surface area contributed by atoms with Gasteiger partial charge >= 0.3 is 6.61 Å². The van der Waals surface area contributed by atoms with Crippen molar-refractivity contribution in [2.24, 2.45) is 5.41 Å². The lowest BCUT2D eigenvalue weighted by Gasteiger charge is -2.30. The Morgan fingerprint density at radius 2 is 1.92 bits per heavy atom. The van der Waals surface area contributed by atoms with Gasteiger partial charge in [-0.05, 0) is 35.1 Å².